The molecule has 2 heterocycles. The van der Waals surface area contributed by atoms with Gasteiger partial charge in [0.15, 0.2) is 0 Å². The predicted molar refractivity (Wildman–Crippen MR) is 84.5 cm³/mol. The highest BCUT2D eigenvalue weighted by Gasteiger charge is 2.26. The highest BCUT2D eigenvalue weighted by Crippen LogP contribution is 2.14. The second kappa shape index (κ2) is 8.43. The number of pyridine rings is 1. The minimum Gasteiger partial charge on any atom is -0.483 e. The number of aliphatic carboxylic acids is 2. The Kier molecular flexibility index (Phi) is 6.61. The Labute approximate surface area is 141 Å². The monoisotopic (exact) mass is 351 g/mol. The zero-order valence-corrected chi connectivity index (χ0v) is 13.5. The number of aryl methyl sites for hydroxylation is 2. The fourth-order valence-electron chi connectivity index (χ4n) is 2.14. The maximum Gasteiger partial charge on any atom is 0.326 e. The molecule has 1 atom stereocenters. The molecule has 2 rings (SSSR count). The van der Waals surface area contributed by atoms with Crippen molar-refractivity contribution in [1.82, 2.24) is 14.7 Å². The van der Waals surface area contributed by atoms with Crippen molar-refractivity contribution in [2.24, 2.45) is 0 Å². The summed E-state index contributed by atoms with van der Waals surface area (Å²) in [6.07, 6.45) is 0.961. The van der Waals surface area contributed by atoms with Crippen LogP contribution in [0.15, 0.2) is 18.3 Å². The van der Waals surface area contributed by atoms with Crippen molar-refractivity contribution in [3.8, 4) is 0 Å². The Bertz CT molecular complexity index is 813. The molecule has 0 saturated heterocycles. The predicted octanol–water partition coefficient (Wildman–Crippen LogP) is 0.310. The van der Waals surface area contributed by atoms with Crippen LogP contribution in [-0.2, 0) is 14.4 Å². The Morgan fingerprint density at radius 1 is 1.32 bits per heavy atom. The Hall–Kier alpha value is -3.43. The first-order chi connectivity index (χ1) is 11.7. The summed E-state index contributed by atoms with van der Waals surface area (Å²) in [5.41, 5.74) is 2.15. The van der Waals surface area contributed by atoms with E-state index in [2.05, 4.69) is 10.3 Å². The van der Waals surface area contributed by atoms with Crippen molar-refractivity contribution in [2.75, 3.05) is 0 Å². The van der Waals surface area contributed by atoms with Crippen molar-refractivity contribution in [3.63, 3.8) is 0 Å². The summed E-state index contributed by atoms with van der Waals surface area (Å²) in [5, 5.41) is 26.8. The van der Waals surface area contributed by atoms with Crippen LogP contribution in [0.25, 0.3) is 5.65 Å². The van der Waals surface area contributed by atoms with Gasteiger partial charge in [0.25, 0.3) is 12.4 Å². The number of nitrogens with zero attached hydrogens (tertiary/aromatic N) is 2. The molecule has 10 heteroatoms. The van der Waals surface area contributed by atoms with Gasteiger partial charge in [-0.1, -0.05) is 0 Å². The molecule has 0 aliphatic carbocycles. The molecule has 2 aromatic rings. The summed E-state index contributed by atoms with van der Waals surface area (Å²) in [6, 6.07) is 2.08. The number of amides is 1. The minimum atomic E-state index is -1.50. The molecule has 25 heavy (non-hydrogen) atoms. The number of aromatic nitrogens is 2. The minimum absolute atomic E-state index is 0.187. The van der Waals surface area contributed by atoms with E-state index in [1.54, 1.807) is 25.3 Å². The molecule has 0 aliphatic heterocycles. The van der Waals surface area contributed by atoms with Crippen LogP contribution in [0.2, 0.25) is 0 Å². The van der Waals surface area contributed by atoms with Crippen molar-refractivity contribution < 1.29 is 34.5 Å². The summed E-state index contributed by atoms with van der Waals surface area (Å²) in [4.78, 5) is 46.6. The van der Waals surface area contributed by atoms with Crippen molar-refractivity contribution >= 4 is 30.0 Å². The van der Waals surface area contributed by atoms with Gasteiger partial charge in [-0.2, -0.15) is 0 Å². The van der Waals surface area contributed by atoms with Crippen LogP contribution in [0.3, 0.4) is 0 Å². The van der Waals surface area contributed by atoms with Gasteiger partial charge < -0.3 is 20.6 Å². The highest BCUT2D eigenvalue weighted by atomic mass is 16.4. The van der Waals surface area contributed by atoms with Gasteiger partial charge in [-0.15, -0.1) is 0 Å². The third-order valence-electron chi connectivity index (χ3n) is 3.15. The van der Waals surface area contributed by atoms with Crippen LogP contribution in [0, 0.1) is 13.8 Å². The molecule has 0 aromatic carbocycles. The van der Waals surface area contributed by atoms with Gasteiger partial charge in [0.05, 0.1) is 12.1 Å². The zero-order chi connectivity index (χ0) is 19.1. The standard InChI is InChI=1S/C14H15N3O5.CH2O2/c1-7-3-4-17-10(5-7)15-8(2)12(17)13(20)16-9(14(21)22)6-11(18)19;2-1-3/h3-5,9H,6H2,1-2H3,(H,16,20)(H,18,19)(H,21,22);1H,(H,2,3). The molecule has 1 unspecified atom stereocenters. The van der Waals surface area contributed by atoms with E-state index >= 15 is 0 Å². The van der Waals surface area contributed by atoms with Crippen LogP contribution in [0.4, 0.5) is 0 Å². The highest BCUT2D eigenvalue weighted by molar-refractivity contribution is 5.97. The second-order valence-electron chi connectivity index (χ2n) is 5.05. The van der Waals surface area contributed by atoms with E-state index in [0.29, 0.717) is 11.3 Å². The number of nitrogens with one attached hydrogen (secondary N) is 1. The SMILES string of the molecule is Cc1ccn2c(C(=O)NC(CC(=O)O)C(=O)O)c(C)nc2c1.O=CO. The number of carboxylic acids is 2. The zero-order valence-electron chi connectivity index (χ0n) is 13.5. The number of hydrogen-bond acceptors (Lipinski definition) is 5. The summed E-state index contributed by atoms with van der Waals surface area (Å²) in [5.74, 6) is -3.39. The maximum absolute atomic E-state index is 12.3. The van der Waals surface area contributed by atoms with Gasteiger partial charge >= 0.3 is 11.9 Å². The van der Waals surface area contributed by atoms with Crippen molar-refractivity contribution in [2.45, 2.75) is 26.3 Å². The van der Waals surface area contributed by atoms with Crippen LogP contribution >= 0.6 is 0 Å². The molecule has 0 fully saturated rings. The molecule has 10 nitrogen and oxygen atoms in total. The van der Waals surface area contributed by atoms with Gasteiger partial charge in [-0.05, 0) is 31.5 Å². The third kappa shape index (κ3) is 5.03. The molecule has 2 aromatic heterocycles. The van der Waals surface area contributed by atoms with E-state index in [-0.39, 0.29) is 12.2 Å². The summed E-state index contributed by atoms with van der Waals surface area (Å²) in [6.45, 7) is 3.27. The lowest BCUT2D eigenvalue weighted by molar-refractivity contribution is -0.145. The van der Waals surface area contributed by atoms with Crippen molar-refractivity contribution in [3.05, 3.63) is 35.3 Å². The second-order valence-corrected chi connectivity index (χ2v) is 5.05. The Balaban J connectivity index is 0.000000970. The van der Waals surface area contributed by atoms with Gasteiger partial charge in [-0.25, -0.2) is 9.78 Å². The van der Waals surface area contributed by atoms with E-state index in [9.17, 15) is 14.4 Å². The van der Waals surface area contributed by atoms with Crippen molar-refractivity contribution in [1.29, 1.82) is 0 Å². The molecule has 0 saturated carbocycles. The lowest BCUT2D eigenvalue weighted by Crippen LogP contribution is -2.42. The number of hydrogen-bond donors (Lipinski definition) is 4. The number of carboxylic acid groups (broad SMARTS) is 3. The van der Waals surface area contributed by atoms with Gasteiger partial charge in [-0.3, -0.25) is 18.8 Å². The fourth-order valence-corrected chi connectivity index (χ4v) is 2.14. The number of imidazole rings is 1. The molecule has 0 aliphatic rings. The van der Waals surface area contributed by atoms with Crippen LogP contribution in [-0.4, -0.2) is 55.1 Å². The number of rotatable bonds is 5. The van der Waals surface area contributed by atoms with E-state index < -0.39 is 30.3 Å². The smallest absolute Gasteiger partial charge is 0.326 e. The first kappa shape index (κ1) is 19.6. The molecule has 134 valence electrons. The van der Waals surface area contributed by atoms with Crippen LogP contribution < -0.4 is 5.32 Å². The topological polar surface area (TPSA) is 158 Å². The quantitative estimate of drug-likeness (QED) is 0.560. The van der Waals surface area contributed by atoms with Crippen LogP contribution in [0.5, 0.6) is 0 Å². The molecule has 4 N–H and O–H groups in total. The molecule has 0 spiro atoms. The van der Waals surface area contributed by atoms with Gasteiger partial charge in [0.2, 0.25) is 0 Å². The summed E-state index contributed by atoms with van der Waals surface area (Å²) >= 11 is 0. The fraction of sp³-hybridized carbons (Fsp3) is 0.267. The normalized spacial score (nSPS) is 11.1. The van der Waals surface area contributed by atoms with E-state index in [4.69, 9.17) is 20.1 Å². The van der Waals surface area contributed by atoms with E-state index in [0.717, 1.165) is 5.56 Å². The average Bonchev–Trinajstić information content (AvgIpc) is 2.81. The lowest BCUT2D eigenvalue weighted by Gasteiger charge is -2.12. The first-order valence-electron chi connectivity index (χ1n) is 6.99. The molecule has 0 radical (unpaired) electrons. The average molecular weight is 351 g/mol. The largest absolute Gasteiger partial charge is 0.483 e. The molecule has 0 bridgehead atoms. The lowest BCUT2D eigenvalue weighted by atomic mass is 10.2. The Morgan fingerprint density at radius 3 is 2.44 bits per heavy atom. The Morgan fingerprint density at radius 2 is 1.92 bits per heavy atom. The number of carbonyl (C=O) groups is 4. The number of fused-ring (bicyclic) bond motifs is 1. The first-order valence-corrected chi connectivity index (χ1v) is 6.99. The molecular weight excluding hydrogens is 334 g/mol. The van der Waals surface area contributed by atoms with E-state index in [1.165, 1.54) is 4.40 Å². The molecular formula is C15H17N3O7. The number of carbonyl (C=O) groups excluding carboxylic acids is 1. The van der Waals surface area contributed by atoms with Gasteiger partial charge in [0, 0.05) is 6.20 Å². The summed E-state index contributed by atoms with van der Waals surface area (Å²) in [7, 11) is 0. The maximum atomic E-state index is 12.3. The third-order valence-corrected chi connectivity index (χ3v) is 3.15. The summed E-state index contributed by atoms with van der Waals surface area (Å²) < 4.78 is 1.54. The van der Waals surface area contributed by atoms with E-state index in [1.807, 2.05) is 6.92 Å². The molecule has 1 amide bonds. The van der Waals surface area contributed by atoms with Gasteiger partial charge in [0.1, 0.15) is 17.4 Å². The van der Waals surface area contributed by atoms with Crippen LogP contribution in [0.1, 0.15) is 28.2 Å².